The van der Waals surface area contributed by atoms with Gasteiger partial charge in [-0.05, 0) is 19.1 Å². The monoisotopic (exact) mass is 281 g/mol. The lowest BCUT2D eigenvalue weighted by Gasteiger charge is -2.08. The van der Waals surface area contributed by atoms with Crippen LogP contribution in [-0.4, -0.2) is 12.1 Å². The van der Waals surface area contributed by atoms with Crippen molar-refractivity contribution in [1.82, 2.24) is 4.98 Å². The highest BCUT2D eigenvalue weighted by atomic mass is 35.5. The van der Waals surface area contributed by atoms with Gasteiger partial charge in [-0.2, -0.15) is 0 Å². The van der Waals surface area contributed by atoms with Gasteiger partial charge in [0.1, 0.15) is 23.9 Å². The van der Waals surface area contributed by atoms with Gasteiger partial charge in [0.25, 0.3) is 0 Å². The molecule has 0 fully saturated rings. The number of aryl methyl sites for hydroxylation is 1. The molecule has 0 unspecified atom stereocenters. The molecule has 2 rings (SSSR count). The smallest absolute Gasteiger partial charge is 0.145 e. The molecule has 19 heavy (non-hydrogen) atoms. The molecule has 5 heteroatoms. The minimum Gasteiger partial charge on any atom is -0.497 e. The largest absolute Gasteiger partial charge is 0.497 e. The lowest BCUT2D eigenvalue weighted by molar-refractivity contribution is 0.298. The molecule has 0 aliphatic carbocycles. The zero-order valence-electron chi connectivity index (χ0n) is 10.6. The third-order valence-electron chi connectivity index (χ3n) is 2.49. The molecule has 2 aromatic rings. The summed E-state index contributed by atoms with van der Waals surface area (Å²) in [4.78, 5) is 4.31. The summed E-state index contributed by atoms with van der Waals surface area (Å²) in [5.74, 6) is 0.617. The van der Waals surface area contributed by atoms with Crippen LogP contribution in [-0.2, 0) is 6.61 Å². The van der Waals surface area contributed by atoms with Crippen molar-refractivity contribution < 1.29 is 13.9 Å². The van der Waals surface area contributed by atoms with Gasteiger partial charge in [-0.3, -0.25) is 4.98 Å². The number of halogens is 2. The van der Waals surface area contributed by atoms with Gasteiger partial charge < -0.3 is 9.47 Å². The molecule has 0 spiro atoms. The van der Waals surface area contributed by atoms with E-state index in [1.54, 1.807) is 19.2 Å². The van der Waals surface area contributed by atoms with Crippen molar-refractivity contribution in [2.24, 2.45) is 0 Å². The van der Waals surface area contributed by atoms with Gasteiger partial charge in [0.15, 0.2) is 0 Å². The topological polar surface area (TPSA) is 31.4 Å². The van der Waals surface area contributed by atoms with Crippen molar-refractivity contribution in [2.45, 2.75) is 13.5 Å². The number of hydrogen-bond donors (Lipinski definition) is 0. The highest BCUT2D eigenvalue weighted by Crippen LogP contribution is 2.21. The minimum atomic E-state index is -0.506. The van der Waals surface area contributed by atoms with Gasteiger partial charge in [0, 0.05) is 23.9 Å². The van der Waals surface area contributed by atoms with Gasteiger partial charge in [-0.1, -0.05) is 11.6 Å². The molecular formula is C14H13ClFNO2. The minimum absolute atomic E-state index is 0.0719. The van der Waals surface area contributed by atoms with Crippen LogP contribution in [0.1, 0.15) is 11.4 Å². The normalized spacial score (nSPS) is 10.3. The van der Waals surface area contributed by atoms with E-state index in [1.807, 2.05) is 13.0 Å². The van der Waals surface area contributed by atoms with E-state index in [0.717, 1.165) is 5.69 Å². The van der Waals surface area contributed by atoms with E-state index in [1.165, 1.54) is 12.1 Å². The van der Waals surface area contributed by atoms with E-state index in [4.69, 9.17) is 21.1 Å². The average molecular weight is 282 g/mol. The number of methoxy groups -OCH3 is 1. The molecule has 100 valence electrons. The summed E-state index contributed by atoms with van der Waals surface area (Å²) in [5.41, 5.74) is 1.55. The number of pyridine rings is 1. The number of aromatic nitrogens is 1. The standard InChI is InChI=1S/C14H13ClFNO2/c1-9-5-12(18-2)6-10(17-9)8-19-11-3-4-13(15)14(16)7-11/h3-7H,8H2,1-2H3. The van der Waals surface area contributed by atoms with E-state index in [0.29, 0.717) is 17.2 Å². The number of benzene rings is 1. The Bertz CT molecular complexity index is 590. The van der Waals surface area contributed by atoms with Crippen LogP contribution < -0.4 is 9.47 Å². The van der Waals surface area contributed by atoms with E-state index < -0.39 is 5.82 Å². The third-order valence-corrected chi connectivity index (χ3v) is 2.80. The first-order valence-corrected chi connectivity index (χ1v) is 6.05. The Morgan fingerprint density at radius 1 is 1.21 bits per heavy atom. The van der Waals surface area contributed by atoms with Crippen LogP contribution in [0.5, 0.6) is 11.5 Å². The lowest BCUT2D eigenvalue weighted by atomic mass is 10.3. The number of rotatable bonds is 4. The molecule has 0 saturated heterocycles. The summed E-state index contributed by atoms with van der Waals surface area (Å²) >= 11 is 5.60. The first-order valence-electron chi connectivity index (χ1n) is 5.68. The Hall–Kier alpha value is -1.81. The van der Waals surface area contributed by atoms with Crippen LogP contribution in [0.3, 0.4) is 0 Å². The second kappa shape index (κ2) is 5.89. The fraction of sp³-hybridized carbons (Fsp3) is 0.214. The number of nitrogens with zero attached hydrogens (tertiary/aromatic N) is 1. The van der Waals surface area contributed by atoms with Crippen molar-refractivity contribution in [3.63, 3.8) is 0 Å². The van der Waals surface area contributed by atoms with Crippen molar-refractivity contribution in [2.75, 3.05) is 7.11 Å². The molecular weight excluding hydrogens is 269 g/mol. The zero-order chi connectivity index (χ0) is 13.8. The fourth-order valence-corrected chi connectivity index (χ4v) is 1.74. The maximum absolute atomic E-state index is 13.2. The molecule has 0 atom stereocenters. The Morgan fingerprint density at radius 2 is 2.00 bits per heavy atom. The Morgan fingerprint density at radius 3 is 2.68 bits per heavy atom. The Labute approximate surface area is 115 Å². The number of ether oxygens (including phenoxy) is 2. The van der Waals surface area contributed by atoms with E-state index in [-0.39, 0.29) is 11.6 Å². The van der Waals surface area contributed by atoms with Gasteiger partial charge in [-0.15, -0.1) is 0 Å². The quantitative estimate of drug-likeness (QED) is 0.855. The van der Waals surface area contributed by atoms with Crippen LogP contribution >= 0.6 is 11.6 Å². The summed E-state index contributed by atoms with van der Waals surface area (Å²) in [5, 5.41) is 0.0719. The summed E-state index contributed by atoms with van der Waals surface area (Å²) in [6, 6.07) is 7.91. The Balaban J connectivity index is 2.09. The van der Waals surface area contributed by atoms with E-state index in [2.05, 4.69) is 4.98 Å². The van der Waals surface area contributed by atoms with Crippen molar-refractivity contribution in [1.29, 1.82) is 0 Å². The maximum atomic E-state index is 13.2. The molecule has 1 aromatic carbocycles. The summed E-state index contributed by atoms with van der Waals surface area (Å²) in [7, 11) is 1.59. The molecule has 3 nitrogen and oxygen atoms in total. The van der Waals surface area contributed by atoms with Crippen LogP contribution in [0.25, 0.3) is 0 Å². The molecule has 1 heterocycles. The van der Waals surface area contributed by atoms with Crippen LogP contribution in [0.4, 0.5) is 4.39 Å². The van der Waals surface area contributed by atoms with Crippen LogP contribution in [0.15, 0.2) is 30.3 Å². The first kappa shape index (κ1) is 13.6. The SMILES string of the molecule is COc1cc(C)nc(COc2ccc(Cl)c(F)c2)c1. The highest BCUT2D eigenvalue weighted by molar-refractivity contribution is 6.30. The molecule has 0 bridgehead atoms. The van der Waals surface area contributed by atoms with Crippen LogP contribution in [0, 0.1) is 12.7 Å². The third kappa shape index (κ3) is 3.58. The maximum Gasteiger partial charge on any atom is 0.145 e. The van der Waals surface area contributed by atoms with E-state index >= 15 is 0 Å². The number of hydrogen-bond acceptors (Lipinski definition) is 3. The van der Waals surface area contributed by atoms with Crippen molar-refractivity contribution >= 4 is 11.6 Å². The zero-order valence-corrected chi connectivity index (χ0v) is 11.4. The lowest BCUT2D eigenvalue weighted by Crippen LogP contribution is -2.00. The predicted molar refractivity (Wildman–Crippen MR) is 71.3 cm³/mol. The summed E-state index contributed by atoms with van der Waals surface area (Å²) in [6.07, 6.45) is 0. The van der Waals surface area contributed by atoms with E-state index in [9.17, 15) is 4.39 Å². The molecule has 0 saturated carbocycles. The van der Waals surface area contributed by atoms with Crippen molar-refractivity contribution in [3.8, 4) is 11.5 Å². The Kier molecular flexibility index (Phi) is 4.22. The van der Waals surface area contributed by atoms with Gasteiger partial charge >= 0.3 is 0 Å². The summed E-state index contributed by atoms with van der Waals surface area (Å²) < 4.78 is 23.9. The molecule has 0 amide bonds. The fourth-order valence-electron chi connectivity index (χ4n) is 1.62. The highest BCUT2D eigenvalue weighted by Gasteiger charge is 2.04. The summed E-state index contributed by atoms with van der Waals surface area (Å²) in [6.45, 7) is 2.10. The van der Waals surface area contributed by atoms with Gasteiger partial charge in [0.05, 0.1) is 17.8 Å². The molecule has 0 aliphatic rings. The molecule has 1 aromatic heterocycles. The second-order valence-corrected chi connectivity index (χ2v) is 4.41. The van der Waals surface area contributed by atoms with Gasteiger partial charge in [0.2, 0.25) is 0 Å². The molecule has 0 N–H and O–H groups in total. The van der Waals surface area contributed by atoms with Crippen molar-refractivity contribution in [3.05, 3.63) is 52.6 Å². The predicted octanol–water partition coefficient (Wildman–Crippen LogP) is 3.77. The second-order valence-electron chi connectivity index (χ2n) is 4.00. The van der Waals surface area contributed by atoms with Gasteiger partial charge in [-0.25, -0.2) is 4.39 Å². The average Bonchev–Trinajstić information content (AvgIpc) is 2.39. The molecule has 0 aliphatic heterocycles. The first-order chi connectivity index (χ1) is 9.08. The van der Waals surface area contributed by atoms with Crippen LogP contribution in [0.2, 0.25) is 5.02 Å². The molecule has 0 radical (unpaired) electrons.